The Morgan fingerprint density at radius 3 is 2.42 bits per heavy atom. The van der Waals surface area contributed by atoms with Crippen molar-refractivity contribution in [3.8, 4) is 11.6 Å². The Kier molecular flexibility index (Phi) is 7.34. The van der Waals surface area contributed by atoms with Crippen molar-refractivity contribution in [3.05, 3.63) is 77.7 Å². The average Bonchev–Trinajstić information content (AvgIpc) is 3.16. The van der Waals surface area contributed by atoms with Gasteiger partial charge < -0.3 is 18.9 Å². The van der Waals surface area contributed by atoms with Gasteiger partial charge in [-0.15, -0.1) is 13.2 Å². The van der Waals surface area contributed by atoms with E-state index >= 15 is 0 Å². The van der Waals surface area contributed by atoms with Gasteiger partial charge in [0, 0.05) is 39.8 Å². The molecule has 202 valence electrons. The predicted molar refractivity (Wildman–Crippen MR) is 134 cm³/mol. The summed E-state index contributed by atoms with van der Waals surface area (Å²) >= 11 is 0. The number of likely N-dealkylation sites (tertiary alicyclic amines) is 1. The number of benzene rings is 2. The van der Waals surface area contributed by atoms with Crippen molar-refractivity contribution in [1.29, 1.82) is 0 Å². The highest BCUT2D eigenvalue weighted by molar-refractivity contribution is 5.70. The molecule has 38 heavy (non-hydrogen) atoms. The van der Waals surface area contributed by atoms with E-state index in [2.05, 4.69) is 45.8 Å². The summed E-state index contributed by atoms with van der Waals surface area (Å²) in [6.07, 6.45) is -1.23. The summed E-state index contributed by atoms with van der Waals surface area (Å²) in [6, 6.07) is 14.4. The first-order valence-corrected chi connectivity index (χ1v) is 12.8. The molecular formula is C28H31F3N4O3. The molecule has 2 aliphatic rings. The van der Waals surface area contributed by atoms with Gasteiger partial charge in [-0.25, -0.2) is 9.78 Å². The van der Waals surface area contributed by atoms with Gasteiger partial charge in [-0.2, -0.15) is 0 Å². The zero-order valence-electron chi connectivity index (χ0n) is 21.4. The van der Waals surface area contributed by atoms with Crippen molar-refractivity contribution in [1.82, 2.24) is 19.4 Å². The number of piperidine rings is 1. The minimum atomic E-state index is -4.79. The number of carbonyl (C=O) groups excluding carboxylic acids is 1. The number of nitrogens with zero attached hydrogens (tertiary/aromatic N) is 4. The number of halogens is 3. The highest BCUT2D eigenvalue weighted by Crippen LogP contribution is 2.52. The normalized spacial score (nSPS) is 20.7. The molecule has 10 heteroatoms. The largest absolute Gasteiger partial charge is 0.573 e. The fraction of sp³-hybridized carbons (Fsp3) is 0.429. The number of aromatic nitrogens is 2. The maximum absolute atomic E-state index is 13.1. The Bertz CT molecular complexity index is 1250. The maximum atomic E-state index is 13.1. The van der Waals surface area contributed by atoms with Gasteiger partial charge in [0.05, 0.1) is 12.5 Å². The molecule has 2 aromatic carbocycles. The van der Waals surface area contributed by atoms with E-state index in [0.29, 0.717) is 29.9 Å². The fourth-order valence-corrected chi connectivity index (χ4v) is 5.39. The first-order chi connectivity index (χ1) is 18.2. The molecule has 1 aliphatic carbocycles. The molecule has 1 amide bonds. The Morgan fingerprint density at radius 2 is 1.79 bits per heavy atom. The van der Waals surface area contributed by atoms with Gasteiger partial charge in [0.25, 0.3) is 0 Å². The average molecular weight is 529 g/mol. The van der Waals surface area contributed by atoms with Gasteiger partial charge in [-0.1, -0.05) is 43.3 Å². The molecule has 2 unspecified atom stereocenters. The number of aryl methyl sites for hydroxylation is 2. The molecule has 2 fully saturated rings. The summed E-state index contributed by atoms with van der Waals surface area (Å²) in [5.41, 5.74) is 3.14. The highest BCUT2D eigenvalue weighted by Gasteiger charge is 2.56. The third kappa shape index (κ3) is 6.48. The van der Waals surface area contributed by atoms with Crippen LogP contribution in [0.2, 0.25) is 0 Å². The third-order valence-corrected chi connectivity index (χ3v) is 7.35. The zero-order valence-corrected chi connectivity index (χ0v) is 21.4. The monoisotopic (exact) mass is 528 g/mol. The van der Waals surface area contributed by atoms with Crippen molar-refractivity contribution >= 4 is 6.09 Å². The Morgan fingerprint density at radius 1 is 1.08 bits per heavy atom. The molecular weight excluding hydrogens is 497 g/mol. The quantitative estimate of drug-likeness (QED) is 0.379. The van der Waals surface area contributed by atoms with Crippen LogP contribution in [0.25, 0.3) is 0 Å². The number of carbonyl (C=O) groups is 1. The van der Waals surface area contributed by atoms with Crippen molar-refractivity contribution in [2.75, 3.05) is 19.6 Å². The zero-order chi connectivity index (χ0) is 26.9. The second-order valence-electron chi connectivity index (χ2n) is 10.2. The fourth-order valence-electron chi connectivity index (χ4n) is 5.39. The van der Waals surface area contributed by atoms with Crippen LogP contribution < -0.4 is 9.47 Å². The molecule has 2 atom stereocenters. The molecule has 1 aliphatic heterocycles. The molecule has 1 aromatic heterocycles. The molecule has 1 saturated carbocycles. The number of imidazole rings is 1. The van der Waals surface area contributed by atoms with Crippen LogP contribution in [0.4, 0.5) is 18.0 Å². The summed E-state index contributed by atoms with van der Waals surface area (Å²) < 4.78 is 49.3. The van der Waals surface area contributed by atoms with Crippen LogP contribution in [-0.4, -0.2) is 51.4 Å². The summed E-state index contributed by atoms with van der Waals surface area (Å²) in [6.45, 7) is 5.53. The molecule has 1 saturated heterocycles. The molecule has 5 rings (SSSR count). The highest BCUT2D eigenvalue weighted by atomic mass is 19.4. The lowest BCUT2D eigenvalue weighted by atomic mass is 10.1. The molecule has 0 bridgehead atoms. The lowest BCUT2D eigenvalue weighted by molar-refractivity contribution is -0.274. The summed E-state index contributed by atoms with van der Waals surface area (Å²) in [7, 11) is 1.77. The van der Waals surface area contributed by atoms with E-state index in [-0.39, 0.29) is 18.2 Å². The summed E-state index contributed by atoms with van der Waals surface area (Å²) in [5.74, 6) is 1.14. The van der Waals surface area contributed by atoms with Crippen LogP contribution in [0.15, 0.2) is 61.1 Å². The van der Waals surface area contributed by atoms with Crippen molar-refractivity contribution in [3.63, 3.8) is 0 Å². The molecule has 0 spiro atoms. The van der Waals surface area contributed by atoms with Crippen LogP contribution in [0, 0.1) is 17.8 Å². The van der Waals surface area contributed by atoms with E-state index in [4.69, 9.17) is 4.74 Å². The number of ether oxygens (including phenoxy) is 2. The number of amides is 1. The van der Waals surface area contributed by atoms with Crippen molar-refractivity contribution in [2.24, 2.45) is 24.8 Å². The van der Waals surface area contributed by atoms with Crippen LogP contribution in [0.3, 0.4) is 0 Å². The number of alkyl halides is 3. The number of rotatable bonds is 9. The lowest BCUT2D eigenvalue weighted by Crippen LogP contribution is -2.36. The molecule has 0 radical (unpaired) electrons. The van der Waals surface area contributed by atoms with Crippen molar-refractivity contribution in [2.45, 2.75) is 32.8 Å². The van der Waals surface area contributed by atoms with E-state index in [1.165, 1.54) is 35.7 Å². The SMILES string of the molecule is CCc1ccc(CN2CC3C(C2)C3CN(Cc2cccc(OC(F)(F)F)c2)C(=O)Oc2cn(C)cn2)cc1. The third-order valence-electron chi connectivity index (χ3n) is 7.35. The van der Waals surface area contributed by atoms with Gasteiger partial charge >= 0.3 is 12.5 Å². The smallest absolute Gasteiger partial charge is 0.406 e. The van der Waals surface area contributed by atoms with Gasteiger partial charge in [0.2, 0.25) is 5.88 Å². The van der Waals surface area contributed by atoms with Crippen LogP contribution in [0.1, 0.15) is 23.6 Å². The minimum Gasteiger partial charge on any atom is -0.406 e. The summed E-state index contributed by atoms with van der Waals surface area (Å²) in [5, 5.41) is 0. The second-order valence-corrected chi connectivity index (χ2v) is 10.2. The summed E-state index contributed by atoms with van der Waals surface area (Å²) in [4.78, 5) is 21.2. The molecule has 0 N–H and O–H groups in total. The Labute approximate surface area is 219 Å². The maximum Gasteiger partial charge on any atom is 0.573 e. The van der Waals surface area contributed by atoms with Gasteiger partial charge in [-0.3, -0.25) is 4.90 Å². The van der Waals surface area contributed by atoms with E-state index < -0.39 is 12.5 Å². The Hall–Kier alpha value is -3.53. The van der Waals surface area contributed by atoms with Gasteiger partial charge in [0.1, 0.15) is 5.75 Å². The molecule has 7 nitrogen and oxygen atoms in total. The standard InChI is InChI=1S/C28H31F3N4O3/c1-3-19-7-9-20(10-8-19)12-34-14-23-24(15-34)25(23)16-35(27(36)37-26-17-33(2)18-32-26)13-21-5-4-6-22(11-21)38-28(29,30)31/h4-11,17-18,23-25H,3,12-16H2,1-2H3. The molecule has 2 heterocycles. The van der Waals surface area contributed by atoms with E-state index in [9.17, 15) is 18.0 Å². The second kappa shape index (κ2) is 10.7. The predicted octanol–water partition coefficient (Wildman–Crippen LogP) is 5.26. The number of fused-ring (bicyclic) bond motifs is 1. The first kappa shape index (κ1) is 26.1. The van der Waals surface area contributed by atoms with E-state index in [1.807, 2.05) is 0 Å². The minimum absolute atomic E-state index is 0.101. The topological polar surface area (TPSA) is 59.8 Å². The first-order valence-electron chi connectivity index (χ1n) is 12.8. The number of hydrogen-bond donors (Lipinski definition) is 0. The van der Waals surface area contributed by atoms with E-state index in [0.717, 1.165) is 26.1 Å². The van der Waals surface area contributed by atoms with Crippen LogP contribution in [-0.2, 0) is 26.6 Å². The number of hydrogen-bond acceptors (Lipinski definition) is 5. The van der Waals surface area contributed by atoms with Gasteiger partial charge in [-0.05, 0) is 53.0 Å². The van der Waals surface area contributed by atoms with E-state index in [1.54, 1.807) is 28.8 Å². The van der Waals surface area contributed by atoms with Crippen LogP contribution in [0.5, 0.6) is 11.6 Å². The lowest BCUT2D eigenvalue weighted by Gasteiger charge is -2.25. The van der Waals surface area contributed by atoms with Gasteiger partial charge in [0.15, 0.2) is 0 Å². The van der Waals surface area contributed by atoms with Crippen molar-refractivity contribution < 1.29 is 27.4 Å². The Balaban J connectivity index is 1.22. The van der Waals surface area contributed by atoms with Crippen LogP contribution >= 0.6 is 0 Å². The molecule has 3 aromatic rings.